The highest BCUT2D eigenvalue weighted by Crippen LogP contribution is 2.43. The highest BCUT2D eigenvalue weighted by atomic mass is 16.2. The molecule has 0 aliphatic heterocycles. The fraction of sp³-hybridized carbons (Fsp3) is 0.500. The van der Waals surface area contributed by atoms with Crippen molar-refractivity contribution in [3.05, 3.63) is 48.5 Å². The lowest BCUT2D eigenvalue weighted by atomic mass is 9.65. The van der Waals surface area contributed by atoms with Crippen molar-refractivity contribution < 1.29 is 4.79 Å². The van der Waals surface area contributed by atoms with Gasteiger partial charge in [0.15, 0.2) is 0 Å². The Bertz CT molecular complexity index is 637. The number of nitrogens with one attached hydrogen (secondary N) is 2. The van der Waals surface area contributed by atoms with Crippen molar-refractivity contribution in [1.82, 2.24) is 25.4 Å². The lowest BCUT2D eigenvalue weighted by molar-refractivity contribution is 0.131. The summed E-state index contributed by atoms with van der Waals surface area (Å²) in [5.74, 6) is 0. The summed E-state index contributed by atoms with van der Waals surface area (Å²) in [5, 5.41) is 10.1. The van der Waals surface area contributed by atoms with Crippen molar-refractivity contribution >= 4 is 6.03 Å². The van der Waals surface area contributed by atoms with Gasteiger partial charge in [-0.3, -0.25) is 4.68 Å². The molecule has 0 unspecified atom stereocenters. The summed E-state index contributed by atoms with van der Waals surface area (Å²) in [6, 6.07) is 10.4. The minimum Gasteiger partial charge on any atom is -0.338 e. The Balaban J connectivity index is 1.45. The van der Waals surface area contributed by atoms with Crippen LogP contribution in [0.2, 0.25) is 0 Å². The summed E-state index contributed by atoms with van der Waals surface area (Å²) in [4.78, 5) is 16.1. The molecule has 1 aromatic heterocycles. The van der Waals surface area contributed by atoms with Gasteiger partial charge in [-0.05, 0) is 37.2 Å². The summed E-state index contributed by atoms with van der Waals surface area (Å²) in [6.45, 7) is 3.30. The van der Waals surface area contributed by atoms with E-state index in [1.165, 1.54) is 31.2 Å². The van der Waals surface area contributed by atoms with Crippen molar-refractivity contribution in [2.24, 2.45) is 5.41 Å². The van der Waals surface area contributed by atoms with Crippen molar-refractivity contribution in [2.75, 3.05) is 6.54 Å². The summed E-state index contributed by atoms with van der Waals surface area (Å²) >= 11 is 0. The average molecular weight is 327 g/mol. The fourth-order valence-electron chi connectivity index (χ4n) is 3.32. The molecule has 1 heterocycles. The van der Waals surface area contributed by atoms with E-state index in [-0.39, 0.29) is 17.5 Å². The third-order valence-corrected chi connectivity index (χ3v) is 4.77. The first-order valence-corrected chi connectivity index (χ1v) is 8.56. The van der Waals surface area contributed by atoms with Gasteiger partial charge in [-0.15, -0.1) is 0 Å². The van der Waals surface area contributed by atoms with E-state index >= 15 is 0 Å². The van der Waals surface area contributed by atoms with Crippen LogP contribution >= 0.6 is 0 Å². The number of amides is 2. The lowest BCUT2D eigenvalue weighted by Crippen LogP contribution is -2.49. The van der Waals surface area contributed by atoms with E-state index in [9.17, 15) is 4.79 Å². The van der Waals surface area contributed by atoms with Gasteiger partial charge >= 0.3 is 6.03 Å². The Kier molecular flexibility index (Phi) is 5.13. The van der Waals surface area contributed by atoms with E-state index in [1.807, 2.05) is 13.0 Å². The average Bonchev–Trinajstić information content (AvgIpc) is 3.03. The zero-order chi connectivity index (χ0) is 16.8. The number of carbonyl (C=O) groups is 1. The van der Waals surface area contributed by atoms with E-state index in [0.29, 0.717) is 6.54 Å². The first-order valence-electron chi connectivity index (χ1n) is 8.56. The van der Waals surface area contributed by atoms with Crippen LogP contribution in [0.1, 0.15) is 31.7 Å². The van der Waals surface area contributed by atoms with Gasteiger partial charge in [0.1, 0.15) is 12.7 Å². The maximum atomic E-state index is 12.2. The summed E-state index contributed by atoms with van der Waals surface area (Å²) in [7, 11) is 0. The molecule has 3 rings (SSSR count). The highest BCUT2D eigenvalue weighted by Gasteiger charge is 2.37. The second kappa shape index (κ2) is 7.47. The standard InChI is InChI=1S/C18H25N5O/c1-15(11-23-14-19-13-21-23)22-17(24)20-12-18(8-5-9-18)10-16-6-3-2-4-7-16/h2-4,6-7,13-15H,5,8-12H2,1H3,(H2,20,22,24)/t15-/m1/s1. The van der Waals surface area contributed by atoms with Crippen LogP contribution in [0.25, 0.3) is 0 Å². The number of hydrogen-bond acceptors (Lipinski definition) is 3. The predicted molar refractivity (Wildman–Crippen MR) is 92.4 cm³/mol. The molecule has 6 heteroatoms. The Morgan fingerprint density at radius 3 is 2.75 bits per heavy atom. The summed E-state index contributed by atoms with van der Waals surface area (Å²) in [5.41, 5.74) is 1.56. The summed E-state index contributed by atoms with van der Waals surface area (Å²) < 4.78 is 1.72. The summed E-state index contributed by atoms with van der Waals surface area (Å²) in [6.07, 6.45) is 7.78. The highest BCUT2D eigenvalue weighted by molar-refractivity contribution is 5.74. The number of benzene rings is 1. The molecule has 1 aromatic carbocycles. The van der Waals surface area contributed by atoms with Crippen LogP contribution in [0.5, 0.6) is 0 Å². The largest absolute Gasteiger partial charge is 0.338 e. The molecule has 1 atom stereocenters. The zero-order valence-corrected chi connectivity index (χ0v) is 14.1. The Labute approximate surface area is 142 Å². The van der Waals surface area contributed by atoms with Crippen LogP contribution in [0.15, 0.2) is 43.0 Å². The maximum Gasteiger partial charge on any atom is 0.315 e. The Morgan fingerprint density at radius 2 is 2.12 bits per heavy atom. The molecule has 0 radical (unpaired) electrons. The molecule has 2 amide bonds. The van der Waals surface area contributed by atoms with Crippen LogP contribution in [0.4, 0.5) is 4.79 Å². The Morgan fingerprint density at radius 1 is 1.33 bits per heavy atom. The molecule has 1 saturated carbocycles. The number of aromatic nitrogens is 3. The molecule has 2 N–H and O–H groups in total. The van der Waals surface area contributed by atoms with Crippen LogP contribution in [-0.2, 0) is 13.0 Å². The maximum absolute atomic E-state index is 12.2. The van der Waals surface area contributed by atoms with Gasteiger partial charge < -0.3 is 10.6 Å². The van der Waals surface area contributed by atoms with Gasteiger partial charge in [-0.2, -0.15) is 5.10 Å². The van der Waals surface area contributed by atoms with Gasteiger partial charge in [0.2, 0.25) is 0 Å². The SMILES string of the molecule is C[C@H](Cn1cncn1)NC(=O)NCC1(Cc2ccccc2)CCC1. The number of hydrogen-bond donors (Lipinski definition) is 2. The monoisotopic (exact) mass is 327 g/mol. The van der Waals surface area contributed by atoms with E-state index in [1.54, 1.807) is 11.0 Å². The molecule has 24 heavy (non-hydrogen) atoms. The molecule has 1 fully saturated rings. The normalized spacial score (nSPS) is 16.9. The third-order valence-electron chi connectivity index (χ3n) is 4.77. The molecular formula is C18H25N5O. The second-order valence-electron chi connectivity index (χ2n) is 6.86. The molecule has 1 aliphatic carbocycles. The van der Waals surface area contributed by atoms with Crippen molar-refractivity contribution in [1.29, 1.82) is 0 Å². The van der Waals surface area contributed by atoms with Crippen molar-refractivity contribution in [3.8, 4) is 0 Å². The van der Waals surface area contributed by atoms with Crippen LogP contribution in [-0.4, -0.2) is 33.4 Å². The van der Waals surface area contributed by atoms with Gasteiger partial charge in [0.25, 0.3) is 0 Å². The second-order valence-corrected chi connectivity index (χ2v) is 6.86. The van der Waals surface area contributed by atoms with Crippen LogP contribution in [0.3, 0.4) is 0 Å². The van der Waals surface area contributed by atoms with Crippen molar-refractivity contribution in [2.45, 2.75) is 45.2 Å². The number of urea groups is 1. The minimum absolute atomic E-state index is 0.00170. The van der Waals surface area contributed by atoms with Crippen LogP contribution < -0.4 is 10.6 Å². The molecule has 128 valence electrons. The smallest absolute Gasteiger partial charge is 0.315 e. The first kappa shape index (κ1) is 16.5. The van der Waals surface area contributed by atoms with Gasteiger partial charge in [0, 0.05) is 12.6 Å². The molecule has 2 aromatic rings. The van der Waals surface area contributed by atoms with Gasteiger partial charge in [-0.25, -0.2) is 9.78 Å². The molecule has 0 saturated heterocycles. The molecule has 6 nitrogen and oxygen atoms in total. The van der Waals surface area contributed by atoms with Crippen molar-refractivity contribution in [3.63, 3.8) is 0 Å². The Hall–Kier alpha value is -2.37. The van der Waals surface area contributed by atoms with Gasteiger partial charge in [0.05, 0.1) is 6.54 Å². The van der Waals surface area contributed by atoms with E-state index in [2.05, 4.69) is 45.0 Å². The molecule has 0 spiro atoms. The zero-order valence-electron chi connectivity index (χ0n) is 14.1. The van der Waals surface area contributed by atoms with Crippen LogP contribution in [0, 0.1) is 5.41 Å². The first-order chi connectivity index (χ1) is 11.7. The van der Waals surface area contributed by atoms with E-state index in [0.717, 1.165) is 13.0 Å². The predicted octanol–water partition coefficient (Wildman–Crippen LogP) is 2.38. The van der Waals surface area contributed by atoms with E-state index in [4.69, 9.17) is 0 Å². The molecule has 1 aliphatic rings. The van der Waals surface area contributed by atoms with E-state index < -0.39 is 0 Å². The fourth-order valence-corrected chi connectivity index (χ4v) is 3.32. The quantitative estimate of drug-likeness (QED) is 0.820. The molecular weight excluding hydrogens is 302 g/mol. The number of rotatable bonds is 7. The minimum atomic E-state index is -0.109. The number of carbonyl (C=O) groups excluding carboxylic acids is 1. The van der Waals surface area contributed by atoms with Gasteiger partial charge in [-0.1, -0.05) is 36.8 Å². The molecule has 0 bridgehead atoms. The number of nitrogens with zero attached hydrogens (tertiary/aromatic N) is 3. The third kappa shape index (κ3) is 4.34. The topological polar surface area (TPSA) is 71.8 Å². The lowest BCUT2D eigenvalue weighted by Gasteiger charge is -2.42.